The summed E-state index contributed by atoms with van der Waals surface area (Å²) >= 11 is 0. The van der Waals surface area contributed by atoms with Crippen molar-refractivity contribution >= 4 is 21.6 Å². The van der Waals surface area contributed by atoms with Crippen LogP contribution in [0.15, 0.2) is 66.3 Å². The molecule has 8 nitrogen and oxygen atoms in total. The lowest BCUT2D eigenvalue weighted by molar-refractivity contribution is 0.107. The van der Waals surface area contributed by atoms with Gasteiger partial charge in [-0.1, -0.05) is 26.0 Å². The van der Waals surface area contributed by atoms with Gasteiger partial charge in [-0.05, 0) is 74.7 Å². The average molecular weight is 514 g/mol. The standard InChI is InChI=1S/C27H39N5O3S/c1-4-16-31(17-5-2)24-13-18-32(19-14-24)26(6-3)36(34,35)25-11-9-23(10-12-25)30-27(33)29-21-22-8-7-15-28-20-22/h6-12,15,20,24,26H,3-5,13-14,16-19,21H2,1-2H3,(H2,29,30,33). The van der Waals surface area contributed by atoms with Gasteiger partial charge in [0, 0.05) is 43.8 Å². The van der Waals surface area contributed by atoms with E-state index in [4.69, 9.17) is 0 Å². The van der Waals surface area contributed by atoms with Gasteiger partial charge in [0.15, 0.2) is 9.84 Å². The summed E-state index contributed by atoms with van der Waals surface area (Å²) in [5, 5.41) is 4.72. The van der Waals surface area contributed by atoms with Gasteiger partial charge in [0.2, 0.25) is 0 Å². The van der Waals surface area contributed by atoms with Crippen molar-refractivity contribution in [3.8, 4) is 0 Å². The van der Waals surface area contributed by atoms with Crippen molar-refractivity contribution in [3.05, 3.63) is 67.0 Å². The summed E-state index contributed by atoms with van der Waals surface area (Å²) in [5.74, 6) is 0. The number of urea groups is 1. The van der Waals surface area contributed by atoms with Crippen molar-refractivity contribution in [1.82, 2.24) is 20.1 Å². The van der Waals surface area contributed by atoms with Crippen LogP contribution < -0.4 is 10.6 Å². The molecule has 1 aromatic carbocycles. The van der Waals surface area contributed by atoms with Crippen molar-refractivity contribution in [2.75, 3.05) is 31.5 Å². The molecule has 1 aromatic heterocycles. The van der Waals surface area contributed by atoms with E-state index in [2.05, 4.69) is 40.9 Å². The van der Waals surface area contributed by atoms with Crippen LogP contribution in [0.1, 0.15) is 45.1 Å². The molecule has 1 aliphatic rings. The smallest absolute Gasteiger partial charge is 0.319 e. The lowest BCUT2D eigenvalue weighted by atomic mass is 10.0. The number of anilines is 1. The van der Waals surface area contributed by atoms with Gasteiger partial charge in [-0.2, -0.15) is 0 Å². The van der Waals surface area contributed by atoms with Crippen molar-refractivity contribution < 1.29 is 13.2 Å². The van der Waals surface area contributed by atoms with Gasteiger partial charge in [-0.3, -0.25) is 9.88 Å². The second-order valence-corrected chi connectivity index (χ2v) is 11.2. The molecule has 36 heavy (non-hydrogen) atoms. The number of piperidine rings is 1. The Bertz CT molecular complexity index is 1060. The third-order valence-corrected chi connectivity index (χ3v) is 8.59. The van der Waals surface area contributed by atoms with Gasteiger partial charge in [-0.15, -0.1) is 6.58 Å². The maximum absolute atomic E-state index is 13.4. The maximum Gasteiger partial charge on any atom is 0.319 e. The summed E-state index contributed by atoms with van der Waals surface area (Å²) in [6.07, 6.45) is 9.05. The van der Waals surface area contributed by atoms with Gasteiger partial charge in [0.1, 0.15) is 5.37 Å². The van der Waals surface area contributed by atoms with Crippen LogP contribution >= 0.6 is 0 Å². The number of likely N-dealkylation sites (tertiary alicyclic amines) is 1. The number of pyridine rings is 1. The Kier molecular flexibility index (Phi) is 10.5. The van der Waals surface area contributed by atoms with Gasteiger partial charge in [0.05, 0.1) is 4.90 Å². The molecule has 0 saturated carbocycles. The highest BCUT2D eigenvalue weighted by molar-refractivity contribution is 7.92. The predicted molar refractivity (Wildman–Crippen MR) is 144 cm³/mol. The zero-order valence-corrected chi connectivity index (χ0v) is 22.2. The van der Waals surface area contributed by atoms with Crippen molar-refractivity contribution in [2.45, 2.75) is 62.4 Å². The summed E-state index contributed by atoms with van der Waals surface area (Å²) < 4.78 is 26.9. The van der Waals surface area contributed by atoms with Crippen LogP contribution in [0.25, 0.3) is 0 Å². The van der Waals surface area contributed by atoms with Gasteiger partial charge < -0.3 is 15.5 Å². The lowest BCUT2D eigenvalue weighted by Crippen LogP contribution is -2.50. The second kappa shape index (κ2) is 13.5. The van der Waals surface area contributed by atoms with E-state index in [0.717, 1.165) is 57.4 Å². The maximum atomic E-state index is 13.4. The van der Waals surface area contributed by atoms with Crippen molar-refractivity contribution in [1.29, 1.82) is 0 Å². The molecular weight excluding hydrogens is 474 g/mol. The largest absolute Gasteiger partial charge is 0.334 e. The van der Waals surface area contributed by atoms with Gasteiger partial charge >= 0.3 is 6.03 Å². The van der Waals surface area contributed by atoms with Crippen LogP contribution in [-0.2, 0) is 16.4 Å². The molecule has 2 aromatic rings. The van der Waals surface area contributed by atoms with Gasteiger partial charge in [-0.25, -0.2) is 13.2 Å². The number of amides is 2. The van der Waals surface area contributed by atoms with E-state index in [0.29, 0.717) is 18.3 Å². The predicted octanol–water partition coefficient (Wildman–Crippen LogP) is 4.28. The first kappa shape index (κ1) is 27.8. The third kappa shape index (κ3) is 7.38. The zero-order chi connectivity index (χ0) is 26.0. The molecule has 2 amide bonds. The minimum atomic E-state index is -3.64. The molecule has 1 fully saturated rings. The minimum absolute atomic E-state index is 0.217. The Morgan fingerprint density at radius 3 is 2.39 bits per heavy atom. The minimum Gasteiger partial charge on any atom is -0.334 e. The highest BCUT2D eigenvalue weighted by Gasteiger charge is 2.34. The summed E-state index contributed by atoms with van der Waals surface area (Å²) in [7, 11) is -3.64. The van der Waals surface area contributed by atoms with Crippen molar-refractivity contribution in [3.63, 3.8) is 0 Å². The lowest BCUT2D eigenvalue weighted by Gasteiger charge is -2.40. The fraction of sp³-hybridized carbons (Fsp3) is 0.481. The normalized spacial score (nSPS) is 16.0. The first-order valence-electron chi connectivity index (χ1n) is 12.8. The number of benzene rings is 1. The number of carbonyl (C=O) groups excluding carboxylic acids is 1. The van der Waals surface area contributed by atoms with Gasteiger partial charge in [0.25, 0.3) is 0 Å². The molecule has 3 rings (SSSR count). The van der Waals surface area contributed by atoms with E-state index in [9.17, 15) is 13.2 Å². The van der Waals surface area contributed by atoms with E-state index >= 15 is 0 Å². The molecule has 0 spiro atoms. The van der Waals surface area contributed by atoms with Crippen LogP contribution in [0, 0.1) is 0 Å². The van der Waals surface area contributed by atoms with E-state index in [1.54, 1.807) is 42.7 Å². The molecule has 9 heteroatoms. The Morgan fingerprint density at radius 1 is 1.17 bits per heavy atom. The van der Waals surface area contributed by atoms with Crippen LogP contribution in [0.2, 0.25) is 0 Å². The van der Waals surface area contributed by atoms with Crippen molar-refractivity contribution in [2.24, 2.45) is 0 Å². The average Bonchev–Trinajstić information content (AvgIpc) is 2.89. The Balaban J connectivity index is 1.58. The molecule has 0 radical (unpaired) electrons. The number of aromatic nitrogens is 1. The first-order chi connectivity index (χ1) is 17.4. The topological polar surface area (TPSA) is 94.6 Å². The number of carbonyl (C=O) groups is 1. The summed E-state index contributed by atoms with van der Waals surface area (Å²) in [5.41, 5.74) is 1.40. The number of rotatable bonds is 12. The summed E-state index contributed by atoms with van der Waals surface area (Å²) in [6, 6.07) is 10.1. The molecule has 1 unspecified atom stereocenters. The summed E-state index contributed by atoms with van der Waals surface area (Å²) in [6.45, 7) is 12.2. The Hall–Kier alpha value is -2.75. The molecule has 1 saturated heterocycles. The molecule has 1 atom stereocenters. The zero-order valence-electron chi connectivity index (χ0n) is 21.4. The number of hydrogen-bond donors (Lipinski definition) is 2. The molecule has 196 valence electrons. The van der Waals surface area contributed by atoms with E-state index in [1.807, 2.05) is 11.0 Å². The van der Waals surface area contributed by atoms with Crippen LogP contribution in [0.3, 0.4) is 0 Å². The van der Waals surface area contributed by atoms with E-state index in [1.165, 1.54) is 6.08 Å². The number of nitrogens with one attached hydrogen (secondary N) is 2. The van der Waals surface area contributed by atoms with Crippen LogP contribution in [0.5, 0.6) is 0 Å². The highest BCUT2D eigenvalue weighted by Crippen LogP contribution is 2.26. The molecule has 0 aliphatic carbocycles. The number of hydrogen-bond acceptors (Lipinski definition) is 6. The Labute approximate surface area is 215 Å². The molecule has 1 aliphatic heterocycles. The third-order valence-electron chi connectivity index (χ3n) is 6.53. The van der Waals surface area contributed by atoms with Crippen LogP contribution in [-0.4, -0.2) is 66.8 Å². The quantitative estimate of drug-likeness (QED) is 0.412. The molecule has 0 bridgehead atoms. The first-order valence-corrected chi connectivity index (χ1v) is 14.3. The van der Waals surface area contributed by atoms with E-state index < -0.39 is 15.2 Å². The Morgan fingerprint density at radius 2 is 1.83 bits per heavy atom. The molecule has 2 heterocycles. The SMILES string of the molecule is C=CC(N1CCC(N(CCC)CCC)CC1)S(=O)(=O)c1ccc(NC(=O)NCc2cccnc2)cc1. The second-order valence-electron chi connectivity index (χ2n) is 9.17. The fourth-order valence-corrected chi connectivity index (χ4v) is 6.41. The molecular formula is C27H39N5O3S. The number of nitrogens with zero attached hydrogens (tertiary/aromatic N) is 3. The van der Waals surface area contributed by atoms with Crippen LogP contribution in [0.4, 0.5) is 10.5 Å². The fourth-order valence-electron chi connectivity index (χ4n) is 4.76. The summed E-state index contributed by atoms with van der Waals surface area (Å²) in [4.78, 5) is 21.0. The monoisotopic (exact) mass is 513 g/mol. The number of sulfone groups is 1. The van der Waals surface area contributed by atoms with E-state index in [-0.39, 0.29) is 10.9 Å². The molecule has 2 N–H and O–H groups in total. The highest BCUT2D eigenvalue weighted by atomic mass is 32.2.